The summed E-state index contributed by atoms with van der Waals surface area (Å²) in [4.78, 5) is 14.9. The Hall–Kier alpha value is -6.19. The van der Waals surface area contributed by atoms with E-state index in [9.17, 15) is 0 Å². The van der Waals surface area contributed by atoms with Crippen molar-refractivity contribution < 1.29 is 0 Å². The number of fused-ring (bicyclic) bond motifs is 6. The lowest BCUT2D eigenvalue weighted by atomic mass is 9.81. The van der Waals surface area contributed by atoms with Crippen molar-refractivity contribution in [1.82, 2.24) is 15.0 Å². The van der Waals surface area contributed by atoms with Gasteiger partial charge in [-0.3, -0.25) is 0 Å². The molecule has 0 saturated heterocycles. The second-order valence-corrected chi connectivity index (χ2v) is 12.8. The van der Waals surface area contributed by atoms with Crippen LogP contribution in [-0.4, -0.2) is 15.0 Å². The van der Waals surface area contributed by atoms with Gasteiger partial charge < -0.3 is 0 Å². The van der Waals surface area contributed by atoms with Crippen LogP contribution in [0.4, 0.5) is 0 Å². The molecule has 0 amide bonds. The van der Waals surface area contributed by atoms with Crippen LogP contribution in [0.15, 0.2) is 158 Å². The SMILES string of the molecule is C[C@@H]1CC=Cc2c1c1cc(-c3ccc(-c4ccccc4-c4nc(-c5ccccc5)nc(-c5ccccc5)n4)cc3)ccc1c1ccccc21. The van der Waals surface area contributed by atoms with Crippen molar-refractivity contribution in [3.05, 3.63) is 169 Å². The van der Waals surface area contributed by atoms with Gasteiger partial charge in [-0.2, -0.15) is 0 Å². The highest BCUT2D eigenvalue weighted by atomic mass is 15.0. The molecule has 0 saturated carbocycles. The zero-order valence-electron chi connectivity index (χ0n) is 27.2. The minimum atomic E-state index is 0.474. The molecule has 0 N–H and O–H groups in total. The van der Waals surface area contributed by atoms with E-state index in [1.54, 1.807) is 0 Å². The fourth-order valence-corrected chi connectivity index (χ4v) is 7.34. The molecular formula is C46H33N3. The smallest absolute Gasteiger partial charge is 0.164 e. The van der Waals surface area contributed by atoms with E-state index in [1.165, 1.54) is 43.8 Å². The number of rotatable bonds is 5. The molecule has 8 aromatic rings. The molecule has 0 bridgehead atoms. The highest BCUT2D eigenvalue weighted by Gasteiger charge is 2.20. The van der Waals surface area contributed by atoms with Gasteiger partial charge in [-0.05, 0) is 73.3 Å². The van der Waals surface area contributed by atoms with Crippen molar-refractivity contribution >= 4 is 27.6 Å². The van der Waals surface area contributed by atoms with Crippen molar-refractivity contribution in [3.8, 4) is 56.4 Å². The molecule has 0 aliphatic heterocycles. The Morgan fingerprint density at radius 2 is 0.959 bits per heavy atom. The average molecular weight is 628 g/mol. The van der Waals surface area contributed by atoms with Crippen molar-refractivity contribution in [3.63, 3.8) is 0 Å². The predicted molar refractivity (Wildman–Crippen MR) is 204 cm³/mol. The second-order valence-electron chi connectivity index (χ2n) is 12.8. The molecule has 1 atom stereocenters. The van der Waals surface area contributed by atoms with E-state index >= 15 is 0 Å². The lowest BCUT2D eigenvalue weighted by Gasteiger charge is -2.23. The lowest BCUT2D eigenvalue weighted by molar-refractivity contribution is 0.781. The normalized spacial score (nSPS) is 13.9. The Labute approximate surface area is 286 Å². The maximum atomic E-state index is 5.02. The molecule has 0 fully saturated rings. The van der Waals surface area contributed by atoms with Crippen LogP contribution >= 0.6 is 0 Å². The molecule has 232 valence electrons. The Bertz CT molecular complexity index is 2460. The predicted octanol–water partition coefficient (Wildman–Crippen LogP) is 12.0. The third kappa shape index (κ3) is 5.21. The van der Waals surface area contributed by atoms with Crippen molar-refractivity contribution in [2.45, 2.75) is 19.3 Å². The number of nitrogens with zero attached hydrogens (tertiary/aromatic N) is 3. The quantitative estimate of drug-likeness (QED) is 0.178. The molecule has 49 heavy (non-hydrogen) atoms. The fraction of sp³-hybridized carbons (Fsp3) is 0.0652. The van der Waals surface area contributed by atoms with E-state index in [0.29, 0.717) is 23.4 Å². The number of aromatic nitrogens is 3. The number of hydrogen-bond donors (Lipinski definition) is 0. The zero-order valence-corrected chi connectivity index (χ0v) is 27.2. The van der Waals surface area contributed by atoms with Crippen molar-refractivity contribution in [2.24, 2.45) is 0 Å². The first-order chi connectivity index (χ1) is 24.2. The number of allylic oxidation sites excluding steroid dienone is 1. The molecular weight excluding hydrogens is 595 g/mol. The lowest BCUT2D eigenvalue weighted by Crippen LogP contribution is -2.02. The van der Waals surface area contributed by atoms with Gasteiger partial charge in [-0.25, -0.2) is 15.0 Å². The molecule has 0 spiro atoms. The highest BCUT2D eigenvalue weighted by Crippen LogP contribution is 2.43. The van der Waals surface area contributed by atoms with Gasteiger partial charge in [-0.1, -0.05) is 165 Å². The molecule has 3 nitrogen and oxygen atoms in total. The van der Waals surface area contributed by atoms with Gasteiger partial charge in [-0.15, -0.1) is 0 Å². The molecule has 0 radical (unpaired) electrons. The minimum absolute atomic E-state index is 0.474. The summed E-state index contributed by atoms with van der Waals surface area (Å²) in [5, 5.41) is 5.34. The summed E-state index contributed by atoms with van der Waals surface area (Å²) in [6.45, 7) is 2.35. The van der Waals surface area contributed by atoms with E-state index < -0.39 is 0 Å². The molecule has 1 aliphatic rings. The first-order valence-corrected chi connectivity index (χ1v) is 16.9. The molecule has 9 rings (SSSR count). The van der Waals surface area contributed by atoms with Gasteiger partial charge >= 0.3 is 0 Å². The molecule has 0 unspecified atom stereocenters. The topological polar surface area (TPSA) is 38.7 Å². The summed E-state index contributed by atoms with van der Waals surface area (Å²) < 4.78 is 0. The van der Waals surface area contributed by atoms with Crippen LogP contribution in [0.3, 0.4) is 0 Å². The van der Waals surface area contributed by atoms with Gasteiger partial charge in [0.15, 0.2) is 17.5 Å². The van der Waals surface area contributed by atoms with Crippen LogP contribution in [0.1, 0.15) is 30.4 Å². The Balaban J connectivity index is 1.13. The van der Waals surface area contributed by atoms with E-state index in [2.05, 4.69) is 110 Å². The maximum Gasteiger partial charge on any atom is 0.164 e. The van der Waals surface area contributed by atoms with Crippen LogP contribution in [0.2, 0.25) is 0 Å². The molecule has 1 aliphatic carbocycles. The largest absolute Gasteiger partial charge is 0.208 e. The van der Waals surface area contributed by atoms with Crippen molar-refractivity contribution in [2.75, 3.05) is 0 Å². The summed E-state index contributed by atoms with van der Waals surface area (Å²) in [5.74, 6) is 2.44. The van der Waals surface area contributed by atoms with Gasteiger partial charge in [0, 0.05) is 16.7 Å². The monoisotopic (exact) mass is 627 g/mol. The first kappa shape index (κ1) is 29.0. The van der Waals surface area contributed by atoms with E-state index in [1.807, 2.05) is 60.7 Å². The van der Waals surface area contributed by atoms with Gasteiger partial charge in [0.1, 0.15) is 0 Å². The summed E-state index contributed by atoms with van der Waals surface area (Å²) in [6, 6.07) is 53.4. The summed E-state index contributed by atoms with van der Waals surface area (Å²) in [6.07, 6.45) is 5.72. The summed E-state index contributed by atoms with van der Waals surface area (Å²) >= 11 is 0. The average Bonchev–Trinajstić information content (AvgIpc) is 3.18. The summed E-state index contributed by atoms with van der Waals surface area (Å²) in [7, 11) is 0. The molecule has 1 aromatic heterocycles. The summed E-state index contributed by atoms with van der Waals surface area (Å²) in [5.41, 5.74) is 10.3. The second kappa shape index (κ2) is 12.1. The van der Waals surface area contributed by atoms with Gasteiger partial charge in [0.25, 0.3) is 0 Å². The molecule has 1 heterocycles. The van der Waals surface area contributed by atoms with E-state index in [0.717, 1.165) is 34.2 Å². The number of benzene rings is 7. The highest BCUT2D eigenvalue weighted by molar-refractivity contribution is 6.14. The van der Waals surface area contributed by atoms with Crippen LogP contribution in [-0.2, 0) is 0 Å². The fourth-order valence-electron chi connectivity index (χ4n) is 7.34. The third-order valence-electron chi connectivity index (χ3n) is 9.77. The van der Waals surface area contributed by atoms with E-state index in [4.69, 9.17) is 15.0 Å². The zero-order chi connectivity index (χ0) is 32.7. The Morgan fingerprint density at radius 1 is 0.429 bits per heavy atom. The van der Waals surface area contributed by atoms with Gasteiger partial charge in [0.05, 0.1) is 0 Å². The number of hydrogen-bond acceptors (Lipinski definition) is 3. The van der Waals surface area contributed by atoms with Crippen molar-refractivity contribution in [1.29, 1.82) is 0 Å². The maximum absolute atomic E-state index is 5.02. The first-order valence-electron chi connectivity index (χ1n) is 16.9. The van der Waals surface area contributed by atoms with Gasteiger partial charge in [0.2, 0.25) is 0 Å². The standard InChI is InChI=1S/C46H33N3/c1-30-13-12-22-40-38-20-10-9-19-37(38)39-28-27-35(29-42(39)43(30)40)31-23-25-32(26-24-31)36-18-8-11-21-41(36)46-48-44(33-14-4-2-5-15-33)47-45(49-46)34-16-6-3-7-17-34/h2-12,14-30H,13H2,1H3/t30-/m1/s1. The van der Waals surface area contributed by atoms with E-state index in [-0.39, 0.29) is 0 Å². The Morgan fingerprint density at radius 3 is 1.65 bits per heavy atom. The Kier molecular flexibility index (Phi) is 7.17. The van der Waals surface area contributed by atoms with Crippen LogP contribution in [0.25, 0.3) is 84.0 Å². The van der Waals surface area contributed by atoms with Crippen LogP contribution < -0.4 is 0 Å². The minimum Gasteiger partial charge on any atom is -0.208 e. The van der Waals surface area contributed by atoms with Crippen LogP contribution in [0.5, 0.6) is 0 Å². The molecule has 3 heteroatoms. The third-order valence-corrected chi connectivity index (χ3v) is 9.77. The van der Waals surface area contributed by atoms with Crippen LogP contribution in [0, 0.1) is 0 Å². The molecule has 7 aromatic carbocycles.